The second-order valence-electron chi connectivity index (χ2n) is 5.59. The van der Waals surface area contributed by atoms with Crippen LogP contribution in [0.15, 0.2) is 18.2 Å². The van der Waals surface area contributed by atoms with Gasteiger partial charge in [-0.3, -0.25) is 4.79 Å². The Hall–Kier alpha value is -1.55. The number of benzene rings is 1. The minimum absolute atomic E-state index is 0.0379. The summed E-state index contributed by atoms with van der Waals surface area (Å²) < 4.78 is 5.61. The summed E-state index contributed by atoms with van der Waals surface area (Å²) in [5, 5.41) is 3.01. The van der Waals surface area contributed by atoms with E-state index in [0.717, 1.165) is 42.8 Å². The third-order valence-electron chi connectivity index (χ3n) is 3.75. The molecule has 1 aliphatic heterocycles. The Morgan fingerprint density at radius 1 is 1.40 bits per heavy atom. The first-order valence-corrected chi connectivity index (χ1v) is 7.26. The Labute approximate surface area is 121 Å². The number of rotatable bonds is 4. The smallest absolute Gasteiger partial charge is 0.226 e. The molecule has 1 atom stereocenters. The summed E-state index contributed by atoms with van der Waals surface area (Å²) in [6.07, 6.45) is 3.80. The van der Waals surface area contributed by atoms with Crippen molar-refractivity contribution >= 4 is 17.3 Å². The highest BCUT2D eigenvalue weighted by molar-refractivity contribution is 5.92. The Balaban J connectivity index is 1.98. The quantitative estimate of drug-likeness (QED) is 0.919. The van der Waals surface area contributed by atoms with E-state index in [2.05, 4.69) is 16.3 Å². The summed E-state index contributed by atoms with van der Waals surface area (Å²) in [6.45, 7) is 2.81. The number of carbonyl (C=O) groups is 1. The molecule has 1 aromatic rings. The normalized spacial score (nSPS) is 18.6. The Bertz CT molecular complexity index is 466. The van der Waals surface area contributed by atoms with Crippen LogP contribution < -0.4 is 10.2 Å². The van der Waals surface area contributed by atoms with Crippen molar-refractivity contribution in [1.82, 2.24) is 0 Å². The van der Waals surface area contributed by atoms with E-state index in [1.807, 2.05) is 33.2 Å². The number of nitrogens with one attached hydrogen (secondary N) is 1. The van der Waals surface area contributed by atoms with Crippen LogP contribution in [0.1, 0.15) is 31.2 Å². The summed E-state index contributed by atoms with van der Waals surface area (Å²) >= 11 is 0. The number of hydrogen-bond acceptors (Lipinski definition) is 3. The summed E-state index contributed by atoms with van der Waals surface area (Å²) in [7, 11) is 4.01. The number of nitrogens with zero attached hydrogens (tertiary/aromatic N) is 1. The third-order valence-corrected chi connectivity index (χ3v) is 3.75. The lowest BCUT2D eigenvalue weighted by atomic mass is 10.1. The van der Waals surface area contributed by atoms with Crippen LogP contribution in [0, 0.1) is 6.92 Å². The van der Waals surface area contributed by atoms with Crippen LogP contribution >= 0.6 is 0 Å². The molecule has 0 aliphatic carbocycles. The van der Waals surface area contributed by atoms with Gasteiger partial charge >= 0.3 is 0 Å². The molecule has 1 aromatic carbocycles. The van der Waals surface area contributed by atoms with Crippen LogP contribution in [0.3, 0.4) is 0 Å². The maximum absolute atomic E-state index is 12.1. The predicted molar refractivity (Wildman–Crippen MR) is 82.3 cm³/mol. The van der Waals surface area contributed by atoms with Gasteiger partial charge in [0.15, 0.2) is 0 Å². The Morgan fingerprint density at radius 2 is 2.20 bits per heavy atom. The lowest BCUT2D eigenvalue weighted by Gasteiger charge is -2.22. The van der Waals surface area contributed by atoms with Gasteiger partial charge in [0, 0.05) is 32.1 Å². The van der Waals surface area contributed by atoms with Crippen molar-refractivity contribution in [2.75, 3.05) is 30.9 Å². The van der Waals surface area contributed by atoms with Crippen LogP contribution in [0.2, 0.25) is 0 Å². The molecule has 110 valence electrons. The highest BCUT2D eigenvalue weighted by Gasteiger charge is 2.18. The number of carbonyl (C=O) groups excluding carboxylic acids is 1. The SMILES string of the molecule is Cc1c(NC(=O)C[C@@H]2CCCCO2)cccc1N(C)C. The van der Waals surface area contributed by atoms with Gasteiger partial charge in [-0.25, -0.2) is 0 Å². The van der Waals surface area contributed by atoms with E-state index >= 15 is 0 Å². The highest BCUT2D eigenvalue weighted by atomic mass is 16.5. The molecule has 0 bridgehead atoms. The number of anilines is 2. The zero-order valence-electron chi connectivity index (χ0n) is 12.6. The lowest BCUT2D eigenvalue weighted by Crippen LogP contribution is -2.26. The summed E-state index contributed by atoms with van der Waals surface area (Å²) in [4.78, 5) is 14.2. The molecule has 0 saturated carbocycles. The molecule has 0 radical (unpaired) electrons. The fourth-order valence-electron chi connectivity index (χ4n) is 2.62. The first-order chi connectivity index (χ1) is 9.58. The monoisotopic (exact) mass is 276 g/mol. The molecule has 4 heteroatoms. The van der Waals surface area contributed by atoms with Crippen LogP contribution in [-0.4, -0.2) is 32.7 Å². The van der Waals surface area contributed by atoms with Gasteiger partial charge in [0.1, 0.15) is 0 Å². The second-order valence-corrected chi connectivity index (χ2v) is 5.59. The molecule has 0 aromatic heterocycles. The minimum atomic E-state index is 0.0379. The van der Waals surface area contributed by atoms with Gasteiger partial charge in [-0.2, -0.15) is 0 Å². The molecule has 20 heavy (non-hydrogen) atoms. The van der Waals surface area contributed by atoms with Gasteiger partial charge in [-0.1, -0.05) is 6.07 Å². The standard InChI is InChI=1S/C16H24N2O2/c1-12-14(8-6-9-15(12)18(2)3)17-16(19)11-13-7-4-5-10-20-13/h6,8-9,13H,4-5,7,10-11H2,1-3H3,(H,17,19)/t13-/m0/s1. The molecule has 1 fully saturated rings. The Kier molecular flexibility index (Phi) is 5.01. The molecular weight excluding hydrogens is 252 g/mol. The van der Waals surface area contributed by atoms with Crippen molar-refractivity contribution in [3.8, 4) is 0 Å². The van der Waals surface area contributed by atoms with E-state index in [9.17, 15) is 4.79 Å². The number of amides is 1. The third kappa shape index (κ3) is 3.73. The maximum Gasteiger partial charge on any atom is 0.226 e. The van der Waals surface area contributed by atoms with Crippen LogP contribution in [0.4, 0.5) is 11.4 Å². The molecule has 1 N–H and O–H groups in total. The van der Waals surface area contributed by atoms with Crippen LogP contribution in [0.5, 0.6) is 0 Å². The average molecular weight is 276 g/mol. The van der Waals surface area contributed by atoms with Crippen molar-refractivity contribution < 1.29 is 9.53 Å². The van der Waals surface area contributed by atoms with Gasteiger partial charge in [0.2, 0.25) is 5.91 Å². The van der Waals surface area contributed by atoms with E-state index in [0.29, 0.717) is 6.42 Å². The summed E-state index contributed by atoms with van der Waals surface area (Å²) in [5.41, 5.74) is 3.10. The average Bonchev–Trinajstić information content (AvgIpc) is 2.42. The summed E-state index contributed by atoms with van der Waals surface area (Å²) in [6, 6.07) is 5.96. The molecule has 4 nitrogen and oxygen atoms in total. The van der Waals surface area contributed by atoms with Crippen molar-refractivity contribution in [1.29, 1.82) is 0 Å². The van der Waals surface area contributed by atoms with Crippen molar-refractivity contribution in [2.45, 2.75) is 38.7 Å². The molecule has 0 spiro atoms. The first-order valence-electron chi connectivity index (χ1n) is 7.26. The van der Waals surface area contributed by atoms with E-state index in [1.165, 1.54) is 0 Å². The van der Waals surface area contributed by atoms with Gasteiger partial charge < -0.3 is 15.0 Å². The molecule has 1 amide bonds. The maximum atomic E-state index is 12.1. The number of ether oxygens (including phenoxy) is 1. The van der Waals surface area contributed by atoms with Crippen LogP contribution in [-0.2, 0) is 9.53 Å². The van der Waals surface area contributed by atoms with Gasteiger partial charge in [0.05, 0.1) is 12.5 Å². The van der Waals surface area contributed by atoms with E-state index in [1.54, 1.807) is 0 Å². The molecule has 2 rings (SSSR count). The predicted octanol–water partition coefficient (Wildman–Crippen LogP) is 2.96. The van der Waals surface area contributed by atoms with Gasteiger partial charge in [-0.05, 0) is 43.9 Å². The molecule has 0 unspecified atom stereocenters. The zero-order chi connectivity index (χ0) is 14.5. The van der Waals surface area contributed by atoms with Gasteiger partial charge in [-0.15, -0.1) is 0 Å². The molecular formula is C16H24N2O2. The van der Waals surface area contributed by atoms with Gasteiger partial charge in [0.25, 0.3) is 0 Å². The summed E-state index contributed by atoms with van der Waals surface area (Å²) in [5.74, 6) is 0.0379. The van der Waals surface area contributed by atoms with Crippen LogP contribution in [0.25, 0.3) is 0 Å². The molecule has 1 aliphatic rings. The highest BCUT2D eigenvalue weighted by Crippen LogP contribution is 2.25. The second kappa shape index (κ2) is 6.75. The van der Waals surface area contributed by atoms with E-state index in [4.69, 9.17) is 4.74 Å². The topological polar surface area (TPSA) is 41.6 Å². The van der Waals surface area contributed by atoms with E-state index < -0.39 is 0 Å². The molecule has 1 saturated heterocycles. The first kappa shape index (κ1) is 14.9. The van der Waals surface area contributed by atoms with Crippen molar-refractivity contribution in [3.63, 3.8) is 0 Å². The largest absolute Gasteiger partial charge is 0.378 e. The minimum Gasteiger partial charge on any atom is -0.378 e. The fourth-order valence-corrected chi connectivity index (χ4v) is 2.62. The lowest BCUT2D eigenvalue weighted by molar-refractivity contribution is -0.119. The fraction of sp³-hybridized carbons (Fsp3) is 0.562. The Morgan fingerprint density at radius 3 is 2.85 bits per heavy atom. The molecule has 1 heterocycles. The van der Waals surface area contributed by atoms with E-state index in [-0.39, 0.29) is 12.0 Å². The van der Waals surface area contributed by atoms with Crippen molar-refractivity contribution in [3.05, 3.63) is 23.8 Å². The van der Waals surface area contributed by atoms with Crippen molar-refractivity contribution in [2.24, 2.45) is 0 Å². The zero-order valence-corrected chi connectivity index (χ0v) is 12.6. The number of hydrogen-bond donors (Lipinski definition) is 1.